The van der Waals surface area contributed by atoms with Gasteiger partial charge >= 0.3 is 0 Å². The SMILES string of the molecule is CC12C=CC3(C)C(=CC=C3O1)C2. The molecular formula is C11H12O. The Bertz CT molecular complexity index is 322. The molecule has 62 valence electrons. The van der Waals surface area contributed by atoms with Gasteiger partial charge in [0.2, 0.25) is 0 Å². The predicted molar refractivity (Wildman–Crippen MR) is 47.5 cm³/mol. The second kappa shape index (κ2) is 1.54. The molecule has 0 spiro atoms. The fraction of sp³-hybridized carbons (Fsp3) is 0.455. The molecule has 1 fully saturated rings. The normalized spacial score (nSPS) is 47.2. The van der Waals surface area contributed by atoms with Gasteiger partial charge in [0.15, 0.2) is 0 Å². The van der Waals surface area contributed by atoms with Crippen molar-refractivity contribution in [1.82, 2.24) is 0 Å². The molecule has 12 heavy (non-hydrogen) atoms. The lowest BCUT2D eigenvalue weighted by atomic mass is 9.70. The van der Waals surface area contributed by atoms with Crippen molar-refractivity contribution in [1.29, 1.82) is 0 Å². The zero-order chi connectivity index (χ0) is 8.40. The van der Waals surface area contributed by atoms with E-state index in [1.165, 1.54) is 5.57 Å². The van der Waals surface area contributed by atoms with Crippen molar-refractivity contribution in [2.24, 2.45) is 5.41 Å². The Morgan fingerprint density at radius 3 is 2.83 bits per heavy atom. The molecule has 2 unspecified atom stereocenters. The molecule has 4 bridgehead atoms. The predicted octanol–water partition coefficient (Wildman–Crippen LogP) is 2.57. The molecule has 1 saturated heterocycles. The second-order valence-electron chi connectivity index (χ2n) is 4.35. The number of allylic oxidation sites excluding steroid dienone is 3. The zero-order valence-electron chi connectivity index (χ0n) is 7.42. The van der Waals surface area contributed by atoms with E-state index in [-0.39, 0.29) is 11.0 Å². The minimum atomic E-state index is -0.0497. The lowest BCUT2D eigenvalue weighted by molar-refractivity contribution is 0.000471. The largest absolute Gasteiger partial charge is 0.486 e. The van der Waals surface area contributed by atoms with Crippen LogP contribution < -0.4 is 0 Å². The molecule has 0 amide bonds. The van der Waals surface area contributed by atoms with Crippen LogP contribution >= 0.6 is 0 Å². The van der Waals surface area contributed by atoms with E-state index >= 15 is 0 Å². The molecule has 0 N–H and O–H groups in total. The molecule has 4 aliphatic rings. The summed E-state index contributed by atoms with van der Waals surface area (Å²) in [5.74, 6) is 1.13. The zero-order valence-corrected chi connectivity index (χ0v) is 7.42. The van der Waals surface area contributed by atoms with Crippen LogP contribution in [0.2, 0.25) is 0 Å². The monoisotopic (exact) mass is 160 g/mol. The molecular weight excluding hydrogens is 148 g/mol. The van der Waals surface area contributed by atoms with Crippen LogP contribution in [0.4, 0.5) is 0 Å². The molecule has 0 aromatic carbocycles. The second-order valence-corrected chi connectivity index (χ2v) is 4.35. The molecule has 2 atom stereocenters. The first-order chi connectivity index (χ1) is 5.62. The van der Waals surface area contributed by atoms with Gasteiger partial charge in [-0.3, -0.25) is 0 Å². The minimum Gasteiger partial charge on any atom is -0.486 e. The summed E-state index contributed by atoms with van der Waals surface area (Å²) in [4.78, 5) is 0. The summed E-state index contributed by atoms with van der Waals surface area (Å²) in [5, 5.41) is 0. The first-order valence-electron chi connectivity index (χ1n) is 4.44. The number of hydrogen-bond donors (Lipinski definition) is 0. The summed E-state index contributed by atoms with van der Waals surface area (Å²) in [6.07, 6.45) is 9.87. The van der Waals surface area contributed by atoms with Crippen molar-refractivity contribution in [2.75, 3.05) is 0 Å². The van der Waals surface area contributed by atoms with Crippen molar-refractivity contribution in [3.8, 4) is 0 Å². The number of ether oxygens (including phenoxy) is 1. The van der Waals surface area contributed by atoms with E-state index in [9.17, 15) is 0 Å². The summed E-state index contributed by atoms with van der Waals surface area (Å²) >= 11 is 0. The van der Waals surface area contributed by atoms with Gasteiger partial charge in [0.25, 0.3) is 0 Å². The first-order valence-corrected chi connectivity index (χ1v) is 4.44. The van der Waals surface area contributed by atoms with Crippen molar-refractivity contribution in [3.63, 3.8) is 0 Å². The van der Waals surface area contributed by atoms with Crippen LogP contribution in [0.5, 0.6) is 0 Å². The van der Waals surface area contributed by atoms with Crippen molar-refractivity contribution in [3.05, 3.63) is 35.6 Å². The van der Waals surface area contributed by atoms with Gasteiger partial charge in [-0.05, 0) is 31.6 Å². The average molecular weight is 160 g/mol. The van der Waals surface area contributed by atoms with E-state index in [0.717, 1.165) is 12.2 Å². The highest BCUT2D eigenvalue weighted by molar-refractivity contribution is 5.49. The summed E-state index contributed by atoms with van der Waals surface area (Å²) in [6, 6.07) is 0. The van der Waals surface area contributed by atoms with Crippen molar-refractivity contribution < 1.29 is 4.74 Å². The van der Waals surface area contributed by atoms with E-state index in [2.05, 4.69) is 38.2 Å². The molecule has 0 radical (unpaired) electrons. The fourth-order valence-electron chi connectivity index (χ4n) is 2.35. The number of hydrogen-bond acceptors (Lipinski definition) is 1. The molecule has 1 heteroatoms. The van der Waals surface area contributed by atoms with Crippen LogP contribution in [-0.2, 0) is 4.74 Å². The third-order valence-electron chi connectivity index (χ3n) is 3.27. The molecule has 0 aromatic rings. The van der Waals surface area contributed by atoms with Crippen LogP contribution in [0.25, 0.3) is 0 Å². The summed E-state index contributed by atoms with van der Waals surface area (Å²) in [7, 11) is 0. The highest BCUT2D eigenvalue weighted by atomic mass is 16.5. The Morgan fingerprint density at radius 2 is 2.08 bits per heavy atom. The van der Waals surface area contributed by atoms with Crippen LogP contribution in [0.15, 0.2) is 35.6 Å². The van der Waals surface area contributed by atoms with E-state index in [1.807, 2.05) is 0 Å². The maximum absolute atomic E-state index is 5.89. The van der Waals surface area contributed by atoms with Crippen molar-refractivity contribution in [2.45, 2.75) is 25.9 Å². The smallest absolute Gasteiger partial charge is 0.128 e. The quantitative estimate of drug-likeness (QED) is 0.495. The molecule has 1 nitrogen and oxygen atoms in total. The fourth-order valence-corrected chi connectivity index (χ4v) is 2.35. The Balaban J connectivity index is 2.28. The minimum absolute atomic E-state index is 0.0497. The van der Waals surface area contributed by atoms with Gasteiger partial charge in [0.05, 0.1) is 5.41 Å². The van der Waals surface area contributed by atoms with E-state index in [0.29, 0.717) is 0 Å². The Kier molecular flexibility index (Phi) is 0.837. The summed E-state index contributed by atoms with van der Waals surface area (Å²) in [5.41, 5.74) is 1.57. The summed E-state index contributed by atoms with van der Waals surface area (Å²) < 4.78 is 5.89. The van der Waals surface area contributed by atoms with Gasteiger partial charge in [-0.2, -0.15) is 0 Å². The standard InChI is InChI=1S/C11H12O/c1-10-5-6-11(2)8(7-10)3-4-9(11)12-10/h3-6H,7H2,1-2H3. The highest BCUT2D eigenvalue weighted by Crippen LogP contribution is 2.55. The number of rotatable bonds is 0. The molecule has 0 saturated carbocycles. The van der Waals surface area contributed by atoms with Gasteiger partial charge in [0.1, 0.15) is 11.4 Å². The van der Waals surface area contributed by atoms with E-state index in [4.69, 9.17) is 4.74 Å². The Labute approximate surface area is 72.4 Å². The van der Waals surface area contributed by atoms with Crippen LogP contribution in [0, 0.1) is 5.41 Å². The Hall–Kier alpha value is -0.980. The third kappa shape index (κ3) is 0.532. The van der Waals surface area contributed by atoms with E-state index < -0.39 is 0 Å². The molecule has 2 heterocycles. The first kappa shape index (κ1) is 6.53. The van der Waals surface area contributed by atoms with Crippen LogP contribution in [0.3, 0.4) is 0 Å². The van der Waals surface area contributed by atoms with E-state index in [1.54, 1.807) is 0 Å². The van der Waals surface area contributed by atoms with Crippen LogP contribution in [-0.4, -0.2) is 5.60 Å². The van der Waals surface area contributed by atoms with Gasteiger partial charge in [-0.25, -0.2) is 0 Å². The molecule has 2 aliphatic carbocycles. The van der Waals surface area contributed by atoms with Crippen LogP contribution in [0.1, 0.15) is 20.3 Å². The van der Waals surface area contributed by atoms with Gasteiger partial charge in [0, 0.05) is 6.42 Å². The van der Waals surface area contributed by atoms with Gasteiger partial charge in [-0.1, -0.05) is 12.2 Å². The highest BCUT2D eigenvalue weighted by Gasteiger charge is 2.49. The maximum atomic E-state index is 5.89. The topological polar surface area (TPSA) is 9.23 Å². The lowest BCUT2D eigenvalue weighted by Gasteiger charge is -2.47. The molecule has 0 aromatic heterocycles. The average Bonchev–Trinajstić information content (AvgIpc) is 2.27. The van der Waals surface area contributed by atoms with Crippen molar-refractivity contribution >= 4 is 0 Å². The molecule has 4 rings (SSSR count). The van der Waals surface area contributed by atoms with Gasteiger partial charge in [-0.15, -0.1) is 0 Å². The lowest BCUT2D eigenvalue weighted by Crippen LogP contribution is -2.42. The Morgan fingerprint density at radius 1 is 1.25 bits per heavy atom. The third-order valence-corrected chi connectivity index (χ3v) is 3.27. The van der Waals surface area contributed by atoms with Gasteiger partial charge < -0.3 is 4.74 Å². The molecule has 2 aliphatic heterocycles. The maximum Gasteiger partial charge on any atom is 0.128 e. The summed E-state index contributed by atoms with van der Waals surface area (Å²) in [6.45, 7) is 4.38.